The van der Waals surface area contributed by atoms with Gasteiger partial charge in [-0.05, 0) is 41.0 Å². The Morgan fingerprint density at radius 3 is 2.60 bits per heavy atom. The second-order valence-corrected chi connectivity index (χ2v) is 9.32. The molecule has 0 bridgehead atoms. The lowest BCUT2D eigenvalue weighted by molar-refractivity contribution is -0.0201. The van der Waals surface area contributed by atoms with E-state index in [1.165, 1.54) is 10.8 Å². The van der Waals surface area contributed by atoms with Crippen LogP contribution in [-0.2, 0) is 13.8 Å². The highest BCUT2D eigenvalue weighted by molar-refractivity contribution is 7.44. The molecular formula is C20H33N4O5P. The Labute approximate surface area is 179 Å². The molecule has 0 aromatic carbocycles. The molecule has 0 aliphatic carbocycles. The summed E-state index contributed by atoms with van der Waals surface area (Å²) in [4.78, 5) is 29.7. The molecule has 1 saturated heterocycles. The Morgan fingerprint density at radius 1 is 1.37 bits per heavy atom. The highest BCUT2D eigenvalue weighted by Gasteiger charge is 2.40. The molecule has 1 unspecified atom stereocenters. The zero-order chi connectivity index (χ0) is 22.4. The summed E-state index contributed by atoms with van der Waals surface area (Å²) in [5, 5.41) is 0. The molecule has 0 spiro atoms. The number of hydrogen-bond donors (Lipinski definition) is 1. The first-order valence-corrected chi connectivity index (χ1v) is 11.5. The minimum Gasteiger partial charge on any atom is -0.352 e. The summed E-state index contributed by atoms with van der Waals surface area (Å²) in [5.74, 6) is 0. The monoisotopic (exact) mass is 440 g/mol. The van der Waals surface area contributed by atoms with E-state index in [4.69, 9.17) is 20.4 Å². The van der Waals surface area contributed by atoms with Crippen LogP contribution in [0.5, 0.6) is 0 Å². The third-order valence-corrected chi connectivity index (χ3v) is 7.07. The van der Waals surface area contributed by atoms with Crippen molar-refractivity contribution in [3.05, 3.63) is 44.0 Å². The van der Waals surface area contributed by atoms with Gasteiger partial charge >= 0.3 is 5.69 Å². The fraction of sp³-hybridized carbons (Fsp3) is 0.750. The summed E-state index contributed by atoms with van der Waals surface area (Å²) in [7, 11) is -1.40. The number of aromatic amines is 1. The maximum absolute atomic E-state index is 12.3. The molecular weight excluding hydrogens is 407 g/mol. The van der Waals surface area contributed by atoms with E-state index in [0.717, 1.165) is 0 Å². The number of H-pyrrole nitrogens is 1. The molecule has 1 fully saturated rings. The molecule has 168 valence electrons. The number of hydrogen-bond acceptors (Lipinski definition) is 6. The molecule has 0 amide bonds. The van der Waals surface area contributed by atoms with Crippen molar-refractivity contribution in [2.24, 2.45) is 0 Å². The van der Waals surface area contributed by atoms with Crippen LogP contribution in [0.15, 0.2) is 15.8 Å². The van der Waals surface area contributed by atoms with Crippen molar-refractivity contribution in [2.75, 3.05) is 13.2 Å². The van der Waals surface area contributed by atoms with Crippen LogP contribution in [0.3, 0.4) is 0 Å². The van der Waals surface area contributed by atoms with Gasteiger partial charge in [0, 0.05) is 30.3 Å². The number of nitrogens with one attached hydrogen (secondary N) is 1. The van der Waals surface area contributed by atoms with Gasteiger partial charge in [0.1, 0.15) is 12.8 Å². The van der Waals surface area contributed by atoms with E-state index in [2.05, 4.69) is 42.2 Å². The van der Waals surface area contributed by atoms with Gasteiger partial charge in [-0.1, -0.05) is 6.92 Å². The first kappa shape index (κ1) is 24.7. The minimum absolute atomic E-state index is 0.201. The lowest BCUT2D eigenvalue weighted by atomic mass is 10.1. The van der Waals surface area contributed by atoms with Crippen LogP contribution in [0.1, 0.15) is 59.3 Å². The van der Waals surface area contributed by atoms with E-state index in [9.17, 15) is 9.59 Å². The average molecular weight is 440 g/mol. The Bertz CT molecular complexity index is 839. The maximum atomic E-state index is 12.3. The molecule has 1 N–H and O–H groups in total. The third kappa shape index (κ3) is 5.99. The van der Waals surface area contributed by atoms with Crippen LogP contribution >= 0.6 is 8.53 Å². The summed E-state index contributed by atoms with van der Waals surface area (Å²) in [5.41, 5.74) is -0.436. The van der Waals surface area contributed by atoms with Crippen molar-refractivity contribution in [2.45, 2.75) is 84.9 Å². The number of aryl methyl sites for hydroxylation is 1. The van der Waals surface area contributed by atoms with Crippen molar-refractivity contribution in [1.29, 1.82) is 0 Å². The van der Waals surface area contributed by atoms with Crippen LogP contribution < -0.4 is 11.2 Å². The Kier molecular flexibility index (Phi) is 9.20. The molecule has 9 nitrogen and oxygen atoms in total. The van der Waals surface area contributed by atoms with Gasteiger partial charge in [0.25, 0.3) is 14.1 Å². The van der Waals surface area contributed by atoms with E-state index >= 15 is 0 Å². The van der Waals surface area contributed by atoms with Crippen LogP contribution in [0.4, 0.5) is 0 Å². The van der Waals surface area contributed by atoms with Crippen LogP contribution in [-0.4, -0.2) is 51.7 Å². The van der Waals surface area contributed by atoms with Crippen LogP contribution in [0.25, 0.3) is 4.85 Å². The molecule has 1 aromatic heterocycles. The van der Waals surface area contributed by atoms with Crippen molar-refractivity contribution in [1.82, 2.24) is 14.2 Å². The minimum atomic E-state index is -1.40. The van der Waals surface area contributed by atoms with Crippen LogP contribution in [0, 0.1) is 13.5 Å². The SMILES string of the molecule is [C-]#[N+]CCOP(O[C@H]1C[C@H](n2cc(C)c(=O)[nH]c2=O)O[C@@H]1CC)N(C(C)C)C(C)C. The molecule has 1 aliphatic rings. The van der Waals surface area contributed by atoms with Gasteiger partial charge in [-0.15, -0.1) is 0 Å². The molecule has 1 aromatic rings. The van der Waals surface area contributed by atoms with Crippen molar-refractivity contribution in [3.8, 4) is 0 Å². The van der Waals surface area contributed by atoms with E-state index in [-0.39, 0.29) is 30.8 Å². The van der Waals surface area contributed by atoms with E-state index in [1.54, 1.807) is 6.92 Å². The van der Waals surface area contributed by atoms with Gasteiger partial charge in [0.2, 0.25) is 6.54 Å². The fourth-order valence-electron chi connectivity index (χ4n) is 3.55. The standard InChI is InChI=1S/C20H33N4O5P/c1-8-16-17(11-18(28-16)23-12-15(6)19(25)22-20(23)26)29-30(27-10-9-21-7)24(13(2)3)14(4)5/h12-14,16-18H,8-11H2,1-6H3,(H,22,25,26)/t16-,17+,18-,30?/m1/s1. The third-order valence-electron chi connectivity index (χ3n) is 4.92. The quantitative estimate of drug-likeness (QED) is 0.341. The summed E-state index contributed by atoms with van der Waals surface area (Å²) in [6.45, 7) is 19.6. The van der Waals surface area contributed by atoms with E-state index < -0.39 is 26.0 Å². The van der Waals surface area contributed by atoms with Gasteiger partial charge in [-0.2, -0.15) is 0 Å². The molecule has 4 atom stereocenters. The topological polar surface area (TPSA) is 90.2 Å². The van der Waals surface area contributed by atoms with Gasteiger partial charge in [-0.25, -0.2) is 16.0 Å². The van der Waals surface area contributed by atoms with Crippen LogP contribution in [0.2, 0.25) is 0 Å². The fourth-order valence-corrected chi connectivity index (χ4v) is 5.30. The first-order valence-electron chi connectivity index (χ1n) is 10.4. The smallest absolute Gasteiger partial charge is 0.330 e. The number of aromatic nitrogens is 2. The molecule has 2 heterocycles. The molecule has 0 saturated carbocycles. The predicted molar refractivity (Wildman–Crippen MR) is 116 cm³/mol. The van der Waals surface area contributed by atoms with E-state index in [1.807, 2.05) is 6.92 Å². The summed E-state index contributed by atoms with van der Waals surface area (Å²) in [6.07, 6.45) is 1.73. The van der Waals surface area contributed by atoms with E-state index in [0.29, 0.717) is 25.0 Å². The zero-order valence-electron chi connectivity index (χ0n) is 18.6. The van der Waals surface area contributed by atoms with Crippen molar-refractivity contribution in [3.63, 3.8) is 0 Å². The van der Waals surface area contributed by atoms with Gasteiger partial charge in [-0.3, -0.25) is 14.3 Å². The Morgan fingerprint density at radius 2 is 2.03 bits per heavy atom. The average Bonchev–Trinajstić information content (AvgIpc) is 3.06. The normalized spacial score (nSPS) is 22.7. The van der Waals surface area contributed by atoms with Gasteiger partial charge in [0.05, 0.1) is 12.2 Å². The maximum Gasteiger partial charge on any atom is 0.330 e. The van der Waals surface area contributed by atoms with Crippen molar-refractivity contribution < 1.29 is 13.8 Å². The summed E-state index contributed by atoms with van der Waals surface area (Å²) < 4.78 is 22.2. The Hall–Kier alpha value is -1.56. The molecule has 30 heavy (non-hydrogen) atoms. The zero-order valence-corrected chi connectivity index (χ0v) is 19.5. The Balaban J connectivity index is 2.24. The number of rotatable bonds is 10. The number of nitrogens with zero attached hydrogens (tertiary/aromatic N) is 3. The predicted octanol–water partition coefficient (Wildman–Crippen LogP) is 3.21. The summed E-state index contributed by atoms with van der Waals surface area (Å²) in [6, 6.07) is 0.401. The lowest BCUT2D eigenvalue weighted by Gasteiger charge is -2.37. The highest BCUT2D eigenvalue weighted by Crippen LogP contribution is 2.50. The largest absolute Gasteiger partial charge is 0.352 e. The molecule has 10 heteroatoms. The molecule has 1 aliphatic heterocycles. The number of ether oxygens (including phenoxy) is 1. The highest BCUT2D eigenvalue weighted by atomic mass is 31.2. The molecule has 0 radical (unpaired) electrons. The second-order valence-electron chi connectivity index (χ2n) is 7.92. The molecule has 2 rings (SSSR count). The second kappa shape index (κ2) is 11.2. The first-order chi connectivity index (χ1) is 14.2. The van der Waals surface area contributed by atoms with Gasteiger partial charge < -0.3 is 18.6 Å². The lowest BCUT2D eigenvalue weighted by Crippen LogP contribution is -2.36. The van der Waals surface area contributed by atoms with Crippen molar-refractivity contribution >= 4 is 8.53 Å². The van der Waals surface area contributed by atoms with Gasteiger partial charge in [0.15, 0.2) is 0 Å². The summed E-state index contributed by atoms with van der Waals surface area (Å²) >= 11 is 0.